The lowest BCUT2D eigenvalue weighted by molar-refractivity contribution is -0.916. The molecule has 0 radical (unpaired) electrons. The number of halogens is 1. The minimum absolute atomic E-state index is 0.216. The summed E-state index contributed by atoms with van der Waals surface area (Å²) in [6, 6.07) is 6.26. The quantitative estimate of drug-likeness (QED) is 0.588. The van der Waals surface area contributed by atoms with Crippen LogP contribution in [-0.4, -0.2) is 37.8 Å². The first-order chi connectivity index (χ1) is 9.39. The molecule has 3 heteroatoms. The summed E-state index contributed by atoms with van der Waals surface area (Å²) < 4.78 is 19.6. The van der Waals surface area contributed by atoms with Crippen molar-refractivity contribution in [1.82, 2.24) is 0 Å². The van der Waals surface area contributed by atoms with Crippen LogP contribution in [0.15, 0.2) is 24.3 Å². The SMILES string of the molecule is CC1(C)CC[N+](C)(CCCOc2ccc(F)cc2)CC1. The van der Waals surface area contributed by atoms with E-state index in [1.807, 2.05) is 0 Å². The molecule has 0 aromatic heterocycles. The molecule has 1 heterocycles. The topological polar surface area (TPSA) is 9.23 Å². The highest BCUT2D eigenvalue weighted by molar-refractivity contribution is 5.21. The van der Waals surface area contributed by atoms with Gasteiger partial charge in [0.05, 0.1) is 33.3 Å². The number of likely N-dealkylation sites (tertiary alicyclic amines) is 1. The molecule has 1 aromatic carbocycles. The van der Waals surface area contributed by atoms with Gasteiger partial charge in [-0.05, 0) is 29.7 Å². The van der Waals surface area contributed by atoms with Gasteiger partial charge in [-0.1, -0.05) is 13.8 Å². The van der Waals surface area contributed by atoms with Crippen LogP contribution in [0, 0.1) is 11.2 Å². The highest BCUT2D eigenvalue weighted by Crippen LogP contribution is 2.32. The Morgan fingerprint density at radius 3 is 2.35 bits per heavy atom. The first kappa shape index (κ1) is 15.3. The molecule has 20 heavy (non-hydrogen) atoms. The molecule has 1 aromatic rings. The summed E-state index contributed by atoms with van der Waals surface area (Å²) in [7, 11) is 2.35. The van der Waals surface area contributed by atoms with Gasteiger partial charge in [0.25, 0.3) is 0 Å². The van der Waals surface area contributed by atoms with Crippen LogP contribution in [-0.2, 0) is 0 Å². The molecular weight excluding hydrogens is 253 g/mol. The molecule has 1 aliphatic rings. The zero-order valence-corrected chi connectivity index (χ0v) is 13.0. The number of hydrogen-bond donors (Lipinski definition) is 0. The highest BCUT2D eigenvalue weighted by Gasteiger charge is 2.33. The van der Waals surface area contributed by atoms with Gasteiger partial charge in [0.15, 0.2) is 0 Å². The molecule has 2 rings (SSSR count). The lowest BCUT2D eigenvalue weighted by Gasteiger charge is -2.43. The largest absolute Gasteiger partial charge is 0.493 e. The van der Waals surface area contributed by atoms with Crippen molar-refractivity contribution in [2.24, 2.45) is 5.41 Å². The van der Waals surface area contributed by atoms with Crippen molar-refractivity contribution < 1.29 is 13.6 Å². The molecule has 0 saturated carbocycles. The molecular formula is C17H27FNO+. The predicted octanol–water partition coefficient (Wildman–Crippen LogP) is 3.86. The van der Waals surface area contributed by atoms with Crippen LogP contribution >= 0.6 is 0 Å². The first-order valence-corrected chi connectivity index (χ1v) is 7.61. The summed E-state index contributed by atoms with van der Waals surface area (Å²) >= 11 is 0. The van der Waals surface area contributed by atoms with Gasteiger partial charge in [0.2, 0.25) is 0 Å². The van der Waals surface area contributed by atoms with Gasteiger partial charge < -0.3 is 9.22 Å². The van der Waals surface area contributed by atoms with E-state index in [-0.39, 0.29) is 5.82 Å². The molecule has 1 fully saturated rings. The molecule has 112 valence electrons. The van der Waals surface area contributed by atoms with E-state index in [1.54, 1.807) is 12.1 Å². The van der Waals surface area contributed by atoms with Crippen molar-refractivity contribution in [2.45, 2.75) is 33.1 Å². The Balaban J connectivity index is 1.69. The number of benzene rings is 1. The molecule has 0 atom stereocenters. The van der Waals surface area contributed by atoms with Gasteiger partial charge in [-0.15, -0.1) is 0 Å². The van der Waals surface area contributed by atoms with Crippen LogP contribution in [0.25, 0.3) is 0 Å². The minimum atomic E-state index is -0.216. The van der Waals surface area contributed by atoms with Crippen molar-refractivity contribution in [1.29, 1.82) is 0 Å². The van der Waals surface area contributed by atoms with E-state index >= 15 is 0 Å². The molecule has 1 saturated heterocycles. The molecule has 0 N–H and O–H groups in total. The maximum atomic E-state index is 12.8. The first-order valence-electron chi connectivity index (χ1n) is 7.61. The third kappa shape index (κ3) is 4.48. The van der Waals surface area contributed by atoms with E-state index in [1.165, 1.54) is 38.1 Å². The Kier molecular flexibility index (Phi) is 4.69. The maximum absolute atomic E-state index is 12.8. The van der Waals surface area contributed by atoms with Gasteiger partial charge in [0, 0.05) is 19.3 Å². The van der Waals surface area contributed by atoms with Crippen LogP contribution < -0.4 is 4.74 Å². The fraction of sp³-hybridized carbons (Fsp3) is 0.647. The van der Waals surface area contributed by atoms with Gasteiger partial charge in [-0.2, -0.15) is 0 Å². The monoisotopic (exact) mass is 280 g/mol. The predicted molar refractivity (Wildman–Crippen MR) is 80.3 cm³/mol. The number of hydrogen-bond acceptors (Lipinski definition) is 1. The fourth-order valence-corrected chi connectivity index (χ4v) is 2.77. The second-order valence-corrected chi connectivity index (χ2v) is 7.11. The molecule has 0 bridgehead atoms. The van der Waals surface area contributed by atoms with Gasteiger partial charge in [-0.25, -0.2) is 4.39 Å². The molecule has 0 spiro atoms. The van der Waals surface area contributed by atoms with Crippen LogP contribution in [0.1, 0.15) is 33.1 Å². The second-order valence-electron chi connectivity index (χ2n) is 7.11. The second kappa shape index (κ2) is 6.13. The van der Waals surface area contributed by atoms with Crippen molar-refractivity contribution in [2.75, 3.05) is 33.3 Å². The average Bonchev–Trinajstić information content (AvgIpc) is 2.41. The molecule has 0 amide bonds. The van der Waals surface area contributed by atoms with E-state index in [4.69, 9.17) is 4.74 Å². The summed E-state index contributed by atoms with van der Waals surface area (Å²) in [6.45, 7) is 9.15. The number of rotatable bonds is 5. The van der Waals surface area contributed by atoms with Crippen molar-refractivity contribution in [3.63, 3.8) is 0 Å². The van der Waals surface area contributed by atoms with Crippen molar-refractivity contribution >= 4 is 0 Å². The van der Waals surface area contributed by atoms with Crippen molar-refractivity contribution in [3.8, 4) is 5.75 Å². The molecule has 2 nitrogen and oxygen atoms in total. The lowest BCUT2D eigenvalue weighted by Crippen LogP contribution is -2.52. The van der Waals surface area contributed by atoms with Gasteiger partial charge >= 0.3 is 0 Å². The van der Waals surface area contributed by atoms with E-state index < -0.39 is 0 Å². The number of ether oxygens (including phenoxy) is 1. The van der Waals surface area contributed by atoms with Crippen LogP contribution in [0.4, 0.5) is 4.39 Å². The molecule has 1 aliphatic heterocycles. The Bertz CT molecular complexity index is 417. The Morgan fingerprint density at radius 2 is 1.75 bits per heavy atom. The van der Waals surface area contributed by atoms with E-state index in [0.717, 1.165) is 23.2 Å². The van der Waals surface area contributed by atoms with E-state index in [9.17, 15) is 4.39 Å². The van der Waals surface area contributed by atoms with Gasteiger partial charge in [0.1, 0.15) is 11.6 Å². The number of nitrogens with zero attached hydrogens (tertiary/aromatic N) is 1. The molecule has 0 unspecified atom stereocenters. The van der Waals surface area contributed by atoms with E-state index in [2.05, 4.69) is 20.9 Å². The number of quaternary nitrogens is 1. The minimum Gasteiger partial charge on any atom is -0.493 e. The number of piperidine rings is 1. The van der Waals surface area contributed by atoms with Crippen LogP contribution in [0.5, 0.6) is 5.75 Å². The smallest absolute Gasteiger partial charge is 0.123 e. The van der Waals surface area contributed by atoms with Crippen LogP contribution in [0.2, 0.25) is 0 Å². The summed E-state index contributed by atoms with van der Waals surface area (Å²) in [6.07, 6.45) is 3.67. The zero-order chi connectivity index (χ0) is 14.6. The Labute approximate surface area is 122 Å². The summed E-state index contributed by atoms with van der Waals surface area (Å²) in [4.78, 5) is 0. The Hall–Kier alpha value is -1.09. The van der Waals surface area contributed by atoms with Crippen molar-refractivity contribution in [3.05, 3.63) is 30.1 Å². The average molecular weight is 280 g/mol. The maximum Gasteiger partial charge on any atom is 0.123 e. The standard InChI is InChI=1S/C17H27FNO/c1-17(2)9-12-19(3,13-10-17)11-4-14-20-16-7-5-15(18)6-8-16/h5-8H,4,9-14H2,1-3H3/q+1. The Morgan fingerprint density at radius 1 is 1.15 bits per heavy atom. The zero-order valence-electron chi connectivity index (χ0n) is 13.0. The summed E-state index contributed by atoms with van der Waals surface area (Å²) in [5.74, 6) is 0.542. The normalized spacial score (nSPS) is 20.6. The van der Waals surface area contributed by atoms with E-state index in [0.29, 0.717) is 12.0 Å². The third-order valence-electron chi connectivity index (χ3n) is 4.58. The van der Waals surface area contributed by atoms with Crippen LogP contribution in [0.3, 0.4) is 0 Å². The summed E-state index contributed by atoms with van der Waals surface area (Å²) in [5, 5.41) is 0. The fourth-order valence-electron chi connectivity index (χ4n) is 2.77. The van der Waals surface area contributed by atoms with Gasteiger partial charge in [-0.3, -0.25) is 0 Å². The summed E-state index contributed by atoms with van der Waals surface area (Å²) in [5.41, 5.74) is 0.516. The lowest BCUT2D eigenvalue weighted by atomic mass is 9.82. The molecule has 0 aliphatic carbocycles. The third-order valence-corrected chi connectivity index (χ3v) is 4.58. The highest BCUT2D eigenvalue weighted by atomic mass is 19.1.